The third-order valence-electron chi connectivity index (χ3n) is 3.22. The van der Waals surface area contributed by atoms with Crippen molar-refractivity contribution in [3.63, 3.8) is 0 Å². The Kier molecular flexibility index (Phi) is 2.14. The van der Waals surface area contributed by atoms with E-state index in [0.717, 1.165) is 0 Å². The molecule has 3 rings (SSSR count). The molecule has 16 heavy (non-hydrogen) atoms. The molecule has 2 aromatic carbocycles. The van der Waals surface area contributed by atoms with Crippen molar-refractivity contribution in [3.8, 4) is 11.1 Å². The van der Waals surface area contributed by atoms with E-state index in [0.29, 0.717) is 5.92 Å². The second-order valence-corrected chi connectivity index (χ2v) is 4.40. The largest absolute Gasteiger partial charge is 0.0992 e. The van der Waals surface area contributed by atoms with Crippen LogP contribution in [0.5, 0.6) is 0 Å². The Balaban J connectivity index is 1.91. The smallest absolute Gasteiger partial charge is 0.00831 e. The zero-order chi connectivity index (χ0) is 11.0. The molecule has 0 heteroatoms. The molecule has 0 bridgehead atoms. The quantitative estimate of drug-likeness (QED) is 0.639. The highest BCUT2D eigenvalue weighted by Crippen LogP contribution is 2.45. The van der Waals surface area contributed by atoms with Gasteiger partial charge >= 0.3 is 0 Å². The highest BCUT2D eigenvalue weighted by atomic mass is 14.3. The molecule has 0 spiro atoms. The lowest BCUT2D eigenvalue weighted by Gasteiger charge is -2.03. The van der Waals surface area contributed by atoms with E-state index in [-0.39, 0.29) is 0 Å². The van der Waals surface area contributed by atoms with E-state index in [1.807, 2.05) is 6.07 Å². The Morgan fingerprint density at radius 1 is 0.812 bits per heavy atom. The first-order valence-corrected chi connectivity index (χ1v) is 5.67. The van der Waals surface area contributed by atoms with E-state index in [1.165, 1.54) is 28.7 Å². The lowest BCUT2D eigenvalue weighted by molar-refractivity contribution is 1.16. The summed E-state index contributed by atoms with van der Waals surface area (Å²) in [5.41, 5.74) is 5.34. The van der Waals surface area contributed by atoms with E-state index in [1.54, 1.807) is 0 Å². The molecule has 1 aliphatic carbocycles. The van der Waals surface area contributed by atoms with E-state index >= 15 is 0 Å². The molecule has 0 heterocycles. The topological polar surface area (TPSA) is 0 Å². The summed E-state index contributed by atoms with van der Waals surface area (Å²) in [5, 5.41) is 0. The maximum Gasteiger partial charge on any atom is 0.00831 e. The molecular weight excluding hydrogens is 192 g/mol. The van der Waals surface area contributed by atoms with Gasteiger partial charge in [-0.25, -0.2) is 0 Å². The molecule has 0 aliphatic heterocycles. The van der Waals surface area contributed by atoms with Crippen LogP contribution in [0.2, 0.25) is 0 Å². The van der Waals surface area contributed by atoms with E-state index in [4.69, 9.17) is 0 Å². The number of benzene rings is 2. The first-order valence-electron chi connectivity index (χ1n) is 5.67. The SMILES string of the molecule is C=C1CC1c1ccc(-c2ccccc2)cc1. The van der Waals surface area contributed by atoms with Crippen LogP contribution in [-0.2, 0) is 0 Å². The molecule has 1 unspecified atom stereocenters. The van der Waals surface area contributed by atoms with Crippen LogP contribution >= 0.6 is 0 Å². The predicted molar refractivity (Wildman–Crippen MR) is 68.4 cm³/mol. The van der Waals surface area contributed by atoms with Gasteiger partial charge in [0.1, 0.15) is 0 Å². The molecule has 0 nitrogen and oxygen atoms in total. The summed E-state index contributed by atoms with van der Waals surface area (Å²) in [6.07, 6.45) is 1.17. The summed E-state index contributed by atoms with van der Waals surface area (Å²) < 4.78 is 0. The summed E-state index contributed by atoms with van der Waals surface area (Å²) in [4.78, 5) is 0. The van der Waals surface area contributed by atoms with Gasteiger partial charge in [-0.2, -0.15) is 0 Å². The average molecular weight is 206 g/mol. The number of rotatable bonds is 2. The van der Waals surface area contributed by atoms with Gasteiger partial charge in [-0.1, -0.05) is 66.7 Å². The maximum atomic E-state index is 4.01. The predicted octanol–water partition coefficient (Wildman–Crippen LogP) is 4.40. The van der Waals surface area contributed by atoms with Crippen molar-refractivity contribution in [3.05, 3.63) is 72.3 Å². The third kappa shape index (κ3) is 1.67. The van der Waals surface area contributed by atoms with Crippen molar-refractivity contribution in [1.29, 1.82) is 0 Å². The molecule has 1 atom stereocenters. The van der Waals surface area contributed by atoms with Crippen molar-refractivity contribution in [2.75, 3.05) is 0 Å². The molecule has 0 radical (unpaired) electrons. The van der Waals surface area contributed by atoms with Crippen molar-refractivity contribution in [1.82, 2.24) is 0 Å². The zero-order valence-electron chi connectivity index (χ0n) is 9.19. The fraction of sp³-hybridized carbons (Fsp3) is 0.125. The molecule has 2 aromatic rings. The monoisotopic (exact) mass is 206 g/mol. The van der Waals surface area contributed by atoms with Gasteiger partial charge < -0.3 is 0 Å². The zero-order valence-corrected chi connectivity index (χ0v) is 9.19. The van der Waals surface area contributed by atoms with Crippen molar-refractivity contribution >= 4 is 0 Å². The van der Waals surface area contributed by atoms with Crippen molar-refractivity contribution in [2.45, 2.75) is 12.3 Å². The average Bonchev–Trinajstić information content (AvgIpc) is 3.08. The minimum Gasteiger partial charge on any atom is -0.0992 e. The van der Waals surface area contributed by atoms with Gasteiger partial charge in [0.25, 0.3) is 0 Å². The Hall–Kier alpha value is -1.82. The molecule has 0 amide bonds. The fourth-order valence-electron chi connectivity index (χ4n) is 2.10. The highest BCUT2D eigenvalue weighted by Gasteiger charge is 2.28. The van der Waals surface area contributed by atoms with Gasteiger partial charge in [-0.15, -0.1) is 0 Å². The molecule has 78 valence electrons. The Bertz CT molecular complexity index is 505. The van der Waals surface area contributed by atoms with E-state index in [9.17, 15) is 0 Å². The van der Waals surface area contributed by atoms with Crippen molar-refractivity contribution in [2.24, 2.45) is 0 Å². The number of hydrogen-bond acceptors (Lipinski definition) is 0. The van der Waals surface area contributed by atoms with Gasteiger partial charge in [0, 0.05) is 5.92 Å². The van der Waals surface area contributed by atoms with Crippen LogP contribution in [0.25, 0.3) is 11.1 Å². The third-order valence-corrected chi connectivity index (χ3v) is 3.22. The standard InChI is InChI=1S/C16H14/c1-12-11-16(12)15-9-7-14(8-10-15)13-5-3-2-4-6-13/h2-10,16H,1,11H2. The molecule has 1 aliphatic rings. The molecule has 1 fully saturated rings. The van der Waals surface area contributed by atoms with Crippen LogP contribution in [0.4, 0.5) is 0 Å². The second kappa shape index (κ2) is 3.64. The van der Waals surface area contributed by atoms with Gasteiger partial charge in [-0.3, -0.25) is 0 Å². The summed E-state index contributed by atoms with van der Waals surface area (Å²) in [7, 11) is 0. The second-order valence-electron chi connectivity index (χ2n) is 4.40. The Morgan fingerprint density at radius 2 is 1.38 bits per heavy atom. The fourth-order valence-corrected chi connectivity index (χ4v) is 2.10. The highest BCUT2D eigenvalue weighted by molar-refractivity contribution is 5.64. The van der Waals surface area contributed by atoms with Crippen LogP contribution in [0.1, 0.15) is 17.9 Å². The maximum absolute atomic E-state index is 4.01. The number of allylic oxidation sites excluding steroid dienone is 1. The van der Waals surface area contributed by atoms with Gasteiger partial charge in [0.05, 0.1) is 0 Å². The summed E-state index contributed by atoms with van der Waals surface area (Å²) in [6.45, 7) is 4.01. The van der Waals surface area contributed by atoms with Crippen LogP contribution in [0.15, 0.2) is 66.7 Å². The van der Waals surface area contributed by atoms with Crippen LogP contribution in [0.3, 0.4) is 0 Å². The minimum atomic E-state index is 0.629. The van der Waals surface area contributed by atoms with E-state index < -0.39 is 0 Å². The van der Waals surface area contributed by atoms with Gasteiger partial charge in [0.2, 0.25) is 0 Å². The lowest BCUT2D eigenvalue weighted by Crippen LogP contribution is -1.80. The minimum absolute atomic E-state index is 0.629. The van der Waals surface area contributed by atoms with Gasteiger partial charge in [-0.05, 0) is 23.1 Å². The normalized spacial score (nSPS) is 18.5. The first-order chi connectivity index (χ1) is 7.84. The van der Waals surface area contributed by atoms with Crippen LogP contribution < -0.4 is 0 Å². The molecule has 0 aromatic heterocycles. The summed E-state index contributed by atoms with van der Waals surface area (Å²) in [5.74, 6) is 0.629. The number of hydrogen-bond donors (Lipinski definition) is 0. The lowest BCUT2D eigenvalue weighted by atomic mass is 10.0. The molecule has 1 saturated carbocycles. The van der Waals surface area contributed by atoms with Crippen LogP contribution in [-0.4, -0.2) is 0 Å². The Labute approximate surface area is 96.3 Å². The van der Waals surface area contributed by atoms with Crippen molar-refractivity contribution < 1.29 is 0 Å². The summed E-state index contributed by atoms with van der Waals surface area (Å²) in [6, 6.07) is 19.4. The molecule has 0 saturated heterocycles. The van der Waals surface area contributed by atoms with E-state index in [2.05, 4.69) is 55.1 Å². The first kappa shape index (κ1) is 9.41. The Morgan fingerprint density at radius 3 is 1.94 bits per heavy atom. The van der Waals surface area contributed by atoms with Gasteiger partial charge in [0.15, 0.2) is 0 Å². The van der Waals surface area contributed by atoms with Crippen LogP contribution in [0, 0.1) is 0 Å². The molecular formula is C16H14. The summed E-state index contributed by atoms with van der Waals surface area (Å²) >= 11 is 0. The molecule has 0 N–H and O–H groups in total.